The van der Waals surface area contributed by atoms with E-state index in [1.54, 1.807) is 11.1 Å². The molecule has 2 aromatic rings. The number of rotatable bonds is 8. The SMILES string of the molecule is COC(=O)C1=C(CN2CCN3C(=O)N(c4ccc(CCC(=O)O)cc4)C[C@@H]3C2)NC(c2nccs2)=NC1. The molecule has 3 aliphatic heterocycles. The fraction of sp³-hybridized carbons (Fsp3) is 0.400. The second-order valence-electron chi connectivity index (χ2n) is 9.11. The number of piperazine rings is 1. The molecule has 0 spiro atoms. The number of hydrogen-bond donors (Lipinski definition) is 2. The number of ether oxygens (including phenoxy) is 1. The van der Waals surface area contributed by atoms with Crippen molar-refractivity contribution in [3.05, 3.63) is 57.7 Å². The highest BCUT2D eigenvalue weighted by Crippen LogP contribution is 2.27. The number of aliphatic carboxylic acids is 1. The minimum absolute atomic E-state index is 0.0193. The highest BCUT2D eigenvalue weighted by molar-refractivity contribution is 7.11. The maximum absolute atomic E-state index is 13.1. The first kappa shape index (κ1) is 24.9. The number of thiazole rings is 1. The first-order valence-electron chi connectivity index (χ1n) is 12.1. The number of nitrogens with zero attached hydrogens (tertiary/aromatic N) is 5. The van der Waals surface area contributed by atoms with Crippen LogP contribution in [0.5, 0.6) is 0 Å². The van der Waals surface area contributed by atoms with Crippen molar-refractivity contribution in [3.63, 3.8) is 0 Å². The molecular weight excluding hydrogens is 496 g/mol. The molecule has 0 unspecified atom stereocenters. The molecule has 2 saturated heterocycles. The predicted molar refractivity (Wildman–Crippen MR) is 138 cm³/mol. The summed E-state index contributed by atoms with van der Waals surface area (Å²) in [5, 5.41) is 14.8. The molecule has 0 aliphatic carbocycles. The molecule has 1 aromatic heterocycles. The summed E-state index contributed by atoms with van der Waals surface area (Å²) in [7, 11) is 1.36. The zero-order chi connectivity index (χ0) is 25.9. The Morgan fingerprint density at radius 3 is 2.73 bits per heavy atom. The predicted octanol–water partition coefficient (Wildman–Crippen LogP) is 1.56. The van der Waals surface area contributed by atoms with Gasteiger partial charge in [-0.3, -0.25) is 19.6 Å². The Morgan fingerprint density at radius 1 is 1.22 bits per heavy atom. The summed E-state index contributed by atoms with van der Waals surface area (Å²) >= 11 is 1.48. The molecule has 11 nitrogen and oxygen atoms in total. The number of aliphatic imine (C=N–C) groups is 1. The largest absolute Gasteiger partial charge is 0.481 e. The van der Waals surface area contributed by atoms with E-state index in [1.165, 1.54) is 18.4 Å². The molecule has 0 saturated carbocycles. The number of fused-ring (bicyclic) bond motifs is 1. The van der Waals surface area contributed by atoms with E-state index in [0.717, 1.165) is 22.0 Å². The normalized spacial score (nSPS) is 20.0. The minimum atomic E-state index is -0.829. The lowest BCUT2D eigenvalue weighted by Gasteiger charge is -2.37. The lowest BCUT2D eigenvalue weighted by Crippen LogP contribution is -2.53. The van der Waals surface area contributed by atoms with E-state index in [4.69, 9.17) is 9.84 Å². The molecule has 5 rings (SSSR count). The number of nitrogens with one attached hydrogen (secondary N) is 1. The molecule has 0 radical (unpaired) electrons. The van der Waals surface area contributed by atoms with Crippen molar-refractivity contribution >= 4 is 40.8 Å². The summed E-state index contributed by atoms with van der Waals surface area (Å²) in [6.45, 7) is 3.22. The van der Waals surface area contributed by atoms with Gasteiger partial charge in [-0.25, -0.2) is 14.6 Å². The second kappa shape index (κ2) is 10.7. The third-order valence-electron chi connectivity index (χ3n) is 6.79. The van der Waals surface area contributed by atoms with Gasteiger partial charge in [0.05, 0.1) is 25.3 Å². The number of urea groups is 1. The first-order valence-corrected chi connectivity index (χ1v) is 12.9. The molecule has 1 atom stereocenters. The van der Waals surface area contributed by atoms with Crippen LogP contribution in [0.3, 0.4) is 0 Å². The van der Waals surface area contributed by atoms with Crippen molar-refractivity contribution < 1.29 is 24.2 Å². The van der Waals surface area contributed by atoms with Gasteiger partial charge in [-0.1, -0.05) is 12.1 Å². The molecular formula is C25H28N6O5S. The van der Waals surface area contributed by atoms with Crippen molar-refractivity contribution in [1.82, 2.24) is 20.1 Å². The Hall–Kier alpha value is -3.77. The number of anilines is 1. The van der Waals surface area contributed by atoms with Gasteiger partial charge in [0, 0.05) is 62.1 Å². The number of hydrogen-bond acceptors (Lipinski definition) is 9. The van der Waals surface area contributed by atoms with E-state index < -0.39 is 11.9 Å². The topological polar surface area (TPSA) is 128 Å². The van der Waals surface area contributed by atoms with Crippen molar-refractivity contribution in [2.24, 2.45) is 4.99 Å². The van der Waals surface area contributed by atoms with Gasteiger partial charge in [0.2, 0.25) is 0 Å². The number of benzene rings is 1. The summed E-state index contributed by atoms with van der Waals surface area (Å²) in [5.41, 5.74) is 2.98. The number of esters is 1. The van der Waals surface area contributed by atoms with E-state index in [2.05, 4.69) is 20.2 Å². The molecule has 12 heteroatoms. The van der Waals surface area contributed by atoms with Gasteiger partial charge in [-0.2, -0.15) is 0 Å². The molecule has 3 aliphatic rings. The highest BCUT2D eigenvalue weighted by atomic mass is 32.1. The molecule has 37 heavy (non-hydrogen) atoms. The lowest BCUT2D eigenvalue weighted by molar-refractivity contribution is -0.137. The molecule has 2 amide bonds. The third kappa shape index (κ3) is 5.35. The standard InChI is InChI=1S/C25H28N6O5S/c1-36-24(34)19-12-27-22(23-26-8-11-37-23)28-20(19)15-29-9-10-30-18(13-29)14-31(25(30)35)17-5-2-16(3-6-17)4-7-21(32)33/h2-3,5-6,8,11,18H,4,7,9-10,12-15H2,1H3,(H,27,28)(H,32,33)/t18-/m0/s1. The molecule has 2 N–H and O–H groups in total. The minimum Gasteiger partial charge on any atom is -0.481 e. The van der Waals surface area contributed by atoms with Crippen LogP contribution in [0, 0.1) is 0 Å². The van der Waals surface area contributed by atoms with Crippen LogP contribution >= 0.6 is 11.3 Å². The van der Waals surface area contributed by atoms with E-state index >= 15 is 0 Å². The molecule has 0 bridgehead atoms. The summed E-state index contributed by atoms with van der Waals surface area (Å²) in [5.74, 6) is -0.591. The number of methoxy groups -OCH3 is 1. The zero-order valence-corrected chi connectivity index (χ0v) is 21.2. The third-order valence-corrected chi connectivity index (χ3v) is 7.57. The Kier molecular flexibility index (Phi) is 7.19. The average Bonchev–Trinajstić information content (AvgIpc) is 3.56. The zero-order valence-electron chi connectivity index (χ0n) is 20.4. The number of carboxylic acid groups (broad SMARTS) is 1. The van der Waals surface area contributed by atoms with Gasteiger partial charge in [-0.15, -0.1) is 11.3 Å². The lowest BCUT2D eigenvalue weighted by atomic mass is 10.1. The summed E-state index contributed by atoms with van der Waals surface area (Å²) in [6, 6.07) is 7.52. The Balaban J connectivity index is 1.25. The Bertz CT molecular complexity index is 1240. The molecule has 2 fully saturated rings. The van der Waals surface area contributed by atoms with Crippen LogP contribution in [-0.2, 0) is 20.7 Å². The number of carbonyl (C=O) groups excluding carboxylic acids is 2. The van der Waals surface area contributed by atoms with Crippen LogP contribution in [0.1, 0.15) is 17.0 Å². The van der Waals surface area contributed by atoms with Gasteiger partial charge >= 0.3 is 18.0 Å². The van der Waals surface area contributed by atoms with Gasteiger partial charge < -0.3 is 20.1 Å². The maximum atomic E-state index is 13.1. The Morgan fingerprint density at radius 2 is 2.03 bits per heavy atom. The molecule has 4 heterocycles. The van der Waals surface area contributed by atoms with Crippen LogP contribution in [0.15, 0.2) is 52.1 Å². The molecule has 194 valence electrons. The number of amides is 2. The van der Waals surface area contributed by atoms with Crippen LogP contribution in [0.2, 0.25) is 0 Å². The number of carbonyl (C=O) groups is 3. The smallest absolute Gasteiger partial charge is 0.337 e. The van der Waals surface area contributed by atoms with Crippen LogP contribution in [0.4, 0.5) is 10.5 Å². The summed E-state index contributed by atoms with van der Waals surface area (Å²) in [4.78, 5) is 51.1. The summed E-state index contributed by atoms with van der Waals surface area (Å²) < 4.78 is 4.99. The van der Waals surface area contributed by atoms with E-state index in [0.29, 0.717) is 50.6 Å². The fourth-order valence-corrected chi connectivity index (χ4v) is 5.47. The van der Waals surface area contributed by atoms with Crippen molar-refractivity contribution in [3.8, 4) is 0 Å². The number of carboxylic acids is 1. The number of aryl methyl sites for hydroxylation is 1. The van der Waals surface area contributed by atoms with Crippen LogP contribution in [-0.4, -0.2) is 96.1 Å². The number of aromatic nitrogens is 1. The van der Waals surface area contributed by atoms with E-state index in [-0.39, 0.29) is 25.0 Å². The van der Waals surface area contributed by atoms with E-state index in [9.17, 15) is 14.4 Å². The molecule has 1 aromatic carbocycles. The van der Waals surface area contributed by atoms with Gasteiger partial charge in [0.1, 0.15) is 0 Å². The van der Waals surface area contributed by atoms with Crippen molar-refractivity contribution in [1.29, 1.82) is 0 Å². The van der Waals surface area contributed by atoms with Gasteiger partial charge in [0.15, 0.2) is 10.8 Å². The Labute approximate surface area is 218 Å². The monoisotopic (exact) mass is 524 g/mol. The maximum Gasteiger partial charge on any atom is 0.337 e. The van der Waals surface area contributed by atoms with Crippen LogP contribution < -0.4 is 10.2 Å². The number of amidine groups is 1. The van der Waals surface area contributed by atoms with Crippen molar-refractivity contribution in [2.45, 2.75) is 18.9 Å². The highest BCUT2D eigenvalue weighted by Gasteiger charge is 2.41. The van der Waals surface area contributed by atoms with E-state index in [1.807, 2.05) is 34.5 Å². The summed E-state index contributed by atoms with van der Waals surface area (Å²) in [6.07, 6.45) is 2.25. The van der Waals surface area contributed by atoms with Crippen LogP contribution in [0.25, 0.3) is 0 Å². The average molecular weight is 525 g/mol. The van der Waals surface area contributed by atoms with Crippen molar-refractivity contribution in [2.75, 3.05) is 51.3 Å². The first-order chi connectivity index (χ1) is 17.9. The quantitative estimate of drug-likeness (QED) is 0.498. The van der Waals surface area contributed by atoms with Gasteiger partial charge in [-0.05, 0) is 24.1 Å². The fourth-order valence-electron chi connectivity index (χ4n) is 4.87. The van der Waals surface area contributed by atoms with Gasteiger partial charge in [0.25, 0.3) is 0 Å². The second-order valence-corrected chi connectivity index (χ2v) is 10.0.